The molecule has 334 valence electrons. The molecular formula is C57H34F6N6. The van der Waals surface area contributed by atoms with Gasteiger partial charge in [-0.2, -0.15) is 26.3 Å². The summed E-state index contributed by atoms with van der Waals surface area (Å²) in [5, 5.41) is 1.32. The van der Waals surface area contributed by atoms with Crippen LogP contribution in [-0.4, -0.2) is 29.5 Å². The van der Waals surface area contributed by atoms with E-state index in [0.29, 0.717) is 67.8 Å². The average Bonchev–Trinajstić information content (AvgIpc) is 3.72. The highest BCUT2D eigenvalue weighted by Gasteiger charge is 2.37. The van der Waals surface area contributed by atoms with Crippen LogP contribution in [0.15, 0.2) is 206 Å². The zero-order valence-corrected chi connectivity index (χ0v) is 36.1. The van der Waals surface area contributed by atoms with Crippen molar-refractivity contribution in [3.05, 3.63) is 217 Å². The number of benzene rings is 8. The van der Waals surface area contributed by atoms with Crippen molar-refractivity contribution in [2.24, 2.45) is 0 Å². The molecule has 3 aromatic heterocycles. The van der Waals surface area contributed by atoms with Gasteiger partial charge in [-0.3, -0.25) is 0 Å². The number of alkyl halides is 6. The molecule has 0 atom stereocenters. The largest absolute Gasteiger partial charge is 0.416 e. The first kappa shape index (κ1) is 42.8. The van der Waals surface area contributed by atoms with Crippen LogP contribution in [0.2, 0.25) is 0 Å². The van der Waals surface area contributed by atoms with E-state index < -0.39 is 23.5 Å². The fourth-order valence-electron chi connectivity index (χ4n) is 8.60. The maximum absolute atomic E-state index is 14.1. The second-order valence-corrected chi connectivity index (χ2v) is 16.3. The Kier molecular flexibility index (Phi) is 10.6. The lowest BCUT2D eigenvalue weighted by molar-refractivity contribution is -0.143. The number of aromatic nitrogens is 6. The molecule has 0 N–H and O–H groups in total. The molecule has 0 saturated heterocycles. The number of fused-ring (bicyclic) bond motifs is 3. The van der Waals surface area contributed by atoms with Crippen molar-refractivity contribution in [1.29, 1.82) is 0 Å². The zero-order valence-electron chi connectivity index (χ0n) is 36.1. The molecule has 69 heavy (non-hydrogen) atoms. The molecule has 11 rings (SSSR count). The average molecular weight is 917 g/mol. The van der Waals surface area contributed by atoms with Gasteiger partial charge in [0.25, 0.3) is 0 Å². The molecule has 0 saturated carbocycles. The van der Waals surface area contributed by atoms with E-state index in [-0.39, 0.29) is 17.2 Å². The fraction of sp³-hybridized carbons (Fsp3) is 0.0351. The van der Waals surface area contributed by atoms with Gasteiger partial charge >= 0.3 is 12.4 Å². The summed E-state index contributed by atoms with van der Waals surface area (Å²) in [5.74, 6) is 1.71. The van der Waals surface area contributed by atoms with Crippen LogP contribution in [-0.2, 0) is 12.4 Å². The minimum atomic E-state index is -5.01. The molecule has 0 spiro atoms. The van der Waals surface area contributed by atoms with E-state index in [9.17, 15) is 26.3 Å². The Balaban J connectivity index is 1.18. The quantitative estimate of drug-likeness (QED) is 0.142. The summed E-state index contributed by atoms with van der Waals surface area (Å²) in [7, 11) is 0. The van der Waals surface area contributed by atoms with Gasteiger partial charge in [0, 0.05) is 44.2 Å². The predicted octanol–water partition coefficient (Wildman–Crippen LogP) is 15.5. The van der Waals surface area contributed by atoms with E-state index in [1.54, 1.807) is 18.2 Å². The van der Waals surface area contributed by atoms with Crippen LogP contribution in [0.25, 0.3) is 107 Å². The summed E-state index contributed by atoms with van der Waals surface area (Å²) < 4.78 is 86.4. The lowest BCUT2D eigenvalue weighted by atomic mass is 9.97. The number of halogens is 6. The van der Waals surface area contributed by atoms with Crippen molar-refractivity contribution >= 4 is 21.8 Å². The highest BCUT2D eigenvalue weighted by molar-refractivity contribution is 6.11. The van der Waals surface area contributed by atoms with E-state index in [1.807, 2.05) is 174 Å². The van der Waals surface area contributed by atoms with Crippen LogP contribution in [0.4, 0.5) is 26.3 Å². The molecule has 3 heterocycles. The Morgan fingerprint density at radius 2 is 0.754 bits per heavy atom. The molecular weight excluding hydrogens is 883 g/mol. The van der Waals surface area contributed by atoms with Crippen LogP contribution in [0.3, 0.4) is 0 Å². The summed E-state index contributed by atoms with van der Waals surface area (Å²) in [5.41, 5.74) is 5.05. The Morgan fingerprint density at radius 1 is 0.304 bits per heavy atom. The van der Waals surface area contributed by atoms with E-state index >= 15 is 0 Å². The second kappa shape index (κ2) is 17.1. The van der Waals surface area contributed by atoms with Crippen LogP contribution in [0.1, 0.15) is 11.1 Å². The maximum atomic E-state index is 14.1. The molecule has 0 aliphatic heterocycles. The van der Waals surface area contributed by atoms with E-state index in [0.717, 1.165) is 39.9 Å². The summed E-state index contributed by atoms with van der Waals surface area (Å²) >= 11 is 0. The summed E-state index contributed by atoms with van der Waals surface area (Å²) in [6.45, 7) is 0. The molecule has 0 aliphatic rings. The first-order valence-corrected chi connectivity index (χ1v) is 21.8. The zero-order chi connectivity index (χ0) is 47.3. The predicted molar refractivity (Wildman–Crippen MR) is 258 cm³/mol. The van der Waals surface area contributed by atoms with Crippen LogP contribution >= 0.6 is 0 Å². The fourth-order valence-corrected chi connectivity index (χ4v) is 8.60. The minimum absolute atomic E-state index is 0.138. The van der Waals surface area contributed by atoms with Crippen molar-refractivity contribution in [2.45, 2.75) is 12.4 Å². The number of rotatable bonds is 8. The van der Waals surface area contributed by atoms with Crippen molar-refractivity contribution in [2.75, 3.05) is 0 Å². The normalized spacial score (nSPS) is 11.9. The van der Waals surface area contributed by atoms with E-state index in [1.165, 1.54) is 0 Å². The molecule has 0 amide bonds. The van der Waals surface area contributed by atoms with Gasteiger partial charge in [-0.05, 0) is 71.8 Å². The molecule has 0 radical (unpaired) electrons. The van der Waals surface area contributed by atoms with Crippen LogP contribution in [0.5, 0.6) is 0 Å². The van der Waals surface area contributed by atoms with Gasteiger partial charge in [0.05, 0.1) is 39.2 Å². The molecule has 0 fully saturated rings. The van der Waals surface area contributed by atoms with Gasteiger partial charge < -0.3 is 4.57 Å². The minimum Gasteiger partial charge on any atom is -0.309 e. The first-order chi connectivity index (χ1) is 33.4. The van der Waals surface area contributed by atoms with Gasteiger partial charge in [0.1, 0.15) is 0 Å². The molecule has 0 unspecified atom stereocenters. The van der Waals surface area contributed by atoms with E-state index in [4.69, 9.17) is 24.9 Å². The van der Waals surface area contributed by atoms with Crippen LogP contribution in [0, 0.1) is 0 Å². The van der Waals surface area contributed by atoms with Gasteiger partial charge in [0.2, 0.25) is 0 Å². The van der Waals surface area contributed by atoms with Gasteiger partial charge in [-0.25, -0.2) is 24.9 Å². The van der Waals surface area contributed by atoms with Crippen molar-refractivity contribution in [1.82, 2.24) is 29.5 Å². The van der Waals surface area contributed by atoms with Crippen molar-refractivity contribution < 1.29 is 26.3 Å². The SMILES string of the molecule is FC(F)(F)c1cc(-c2ccc3c(c2)c2ccccc2n3-c2ccc(-c3nc(-c4ccccc4)nc(-c4ccccc4)n3)cc2-c2nc(-c3ccccc3)cc(-c3ccccc3)n2)cc(C(F)(F)F)c1. The number of nitrogens with zero attached hydrogens (tertiary/aromatic N) is 6. The van der Waals surface area contributed by atoms with Crippen molar-refractivity contribution in [3.63, 3.8) is 0 Å². The summed E-state index contributed by atoms with van der Waals surface area (Å²) in [6, 6.07) is 60.6. The molecule has 0 bridgehead atoms. The number of hydrogen-bond donors (Lipinski definition) is 0. The highest BCUT2D eigenvalue weighted by atomic mass is 19.4. The lowest BCUT2D eigenvalue weighted by Gasteiger charge is -2.17. The Bertz CT molecular complexity index is 3540. The Labute approximate surface area is 390 Å². The smallest absolute Gasteiger partial charge is 0.309 e. The summed E-state index contributed by atoms with van der Waals surface area (Å²) in [4.78, 5) is 25.4. The first-order valence-electron chi connectivity index (χ1n) is 21.8. The Morgan fingerprint density at radius 3 is 1.28 bits per heavy atom. The highest BCUT2D eigenvalue weighted by Crippen LogP contribution is 2.43. The standard InChI is InChI=1S/C57H34F6N6/c58-56(59,60)42-29-41(30-43(33-42)57(61,62)63)39-25-27-50-45(31-39)44-23-13-14-24-49(44)69(50)51-28-26-40(54-67-52(37-19-9-3-10-20-37)66-53(68-54)38-21-11-4-12-22-38)32-46(51)55-64-47(35-15-5-1-6-16-35)34-48(65-55)36-17-7-2-8-18-36/h1-34H. The van der Waals surface area contributed by atoms with Gasteiger partial charge in [0.15, 0.2) is 23.3 Å². The molecule has 6 nitrogen and oxygen atoms in total. The third-order valence-electron chi connectivity index (χ3n) is 11.9. The number of para-hydroxylation sites is 1. The van der Waals surface area contributed by atoms with Gasteiger partial charge in [-0.1, -0.05) is 146 Å². The number of hydrogen-bond acceptors (Lipinski definition) is 5. The Hall–Kier alpha value is -8.77. The van der Waals surface area contributed by atoms with Gasteiger partial charge in [-0.15, -0.1) is 0 Å². The molecule has 12 heteroatoms. The lowest BCUT2D eigenvalue weighted by Crippen LogP contribution is -2.11. The van der Waals surface area contributed by atoms with Crippen molar-refractivity contribution in [3.8, 4) is 84.9 Å². The third kappa shape index (κ3) is 8.37. The monoisotopic (exact) mass is 916 g/mol. The summed E-state index contributed by atoms with van der Waals surface area (Å²) in [6.07, 6.45) is -10.0. The molecule has 0 aliphatic carbocycles. The maximum Gasteiger partial charge on any atom is 0.416 e. The third-order valence-corrected chi connectivity index (χ3v) is 11.9. The molecule has 8 aromatic carbocycles. The topological polar surface area (TPSA) is 69.4 Å². The van der Waals surface area contributed by atoms with Crippen LogP contribution < -0.4 is 0 Å². The van der Waals surface area contributed by atoms with E-state index in [2.05, 4.69) is 0 Å². The molecule has 11 aromatic rings. The second-order valence-electron chi connectivity index (χ2n) is 16.3.